The Kier molecular flexibility index (Phi) is 7.29. The van der Waals surface area contributed by atoms with E-state index in [1.54, 1.807) is 14.0 Å². The number of methoxy groups -OCH3 is 1. The summed E-state index contributed by atoms with van der Waals surface area (Å²) < 4.78 is 4.82. The van der Waals surface area contributed by atoms with Crippen LogP contribution in [0.25, 0.3) is 0 Å². The van der Waals surface area contributed by atoms with Gasteiger partial charge in [0.2, 0.25) is 5.91 Å². The van der Waals surface area contributed by atoms with Gasteiger partial charge in [-0.1, -0.05) is 6.92 Å². The van der Waals surface area contributed by atoms with Crippen molar-refractivity contribution in [1.82, 2.24) is 10.6 Å². The quantitative estimate of drug-likeness (QED) is 0.480. The van der Waals surface area contributed by atoms with Crippen LogP contribution in [-0.2, 0) is 9.53 Å². The van der Waals surface area contributed by atoms with Crippen molar-refractivity contribution in [1.29, 1.82) is 0 Å². The first kappa shape index (κ1) is 14.3. The minimum absolute atomic E-state index is 0.111. The Labute approximate surface area is 91.2 Å². The molecular formula is C10H22N2O3. The van der Waals surface area contributed by atoms with Gasteiger partial charge in [-0.3, -0.25) is 4.79 Å². The summed E-state index contributed by atoms with van der Waals surface area (Å²) in [5, 5.41) is 15.2. The highest BCUT2D eigenvalue weighted by molar-refractivity contribution is 5.78. The van der Waals surface area contributed by atoms with Crippen LogP contribution in [0.2, 0.25) is 0 Å². The van der Waals surface area contributed by atoms with Gasteiger partial charge in [0.1, 0.15) is 0 Å². The monoisotopic (exact) mass is 218 g/mol. The van der Waals surface area contributed by atoms with E-state index in [1.807, 2.05) is 6.92 Å². The molecule has 5 nitrogen and oxygen atoms in total. The molecular weight excluding hydrogens is 196 g/mol. The summed E-state index contributed by atoms with van der Waals surface area (Å²) in [6, 6.07) is 0. The number of ether oxygens (including phenoxy) is 1. The molecule has 0 fully saturated rings. The van der Waals surface area contributed by atoms with E-state index < -0.39 is 5.60 Å². The predicted octanol–water partition coefficient (Wildman–Crippen LogP) is -0.500. The lowest BCUT2D eigenvalue weighted by Gasteiger charge is -2.21. The minimum atomic E-state index is -0.817. The Bertz CT molecular complexity index is 184. The van der Waals surface area contributed by atoms with Crippen LogP contribution in [-0.4, -0.2) is 50.0 Å². The smallest absolute Gasteiger partial charge is 0.234 e. The van der Waals surface area contributed by atoms with Gasteiger partial charge in [-0.2, -0.15) is 0 Å². The molecule has 0 aromatic rings. The van der Waals surface area contributed by atoms with Gasteiger partial charge in [0.15, 0.2) is 0 Å². The standard InChI is InChI=1S/C10H22N2O3/c1-4-10(2,14)8-12-9(13)7-11-5-6-15-3/h11,14H,4-8H2,1-3H3,(H,12,13). The van der Waals surface area contributed by atoms with E-state index in [9.17, 15) is 9.90 Å². The van der Waals surface area contributed by atoms with E-state index in [-0.39, 0.29) is 19.0 Å². The van der Waals surface area contributed by atoms with Gasteiger partial charge in [0, 0.05) is 20.2 Å². The van der Waals surface area contributed by atoms with E-state index in [0.29, 0.717) is 19.6 Å². The van der Waals surface area contributed by atoms with E-state index in [4.69, 9.17) is 4.74 Å². The second kappa shape index (κ2) is 7.62. The number of hydrogen-bond donors (Lipinski definition) is 3. The lowest BCUT2D eigenvalue weighted by Crippen LogP contribution is -2.43. The third-order valence-electron chi connectivity index (χ3n) is 2.20. The van der Waals surface area contributed by atoms with Gasteiger partial charge < -0.3 is 20.5 Å². The van der Waals surface area contributed by atoms with Crippen LogP contribution in [0.3, 0.4) is 0 Å². The highest BCUT2D eigenvalue weighted by Crippen LogP contribution is 2.05. The number of hydrogen-bond acceptors (Lipinski definition) is 4. The van der Waals surface area contributed by atoms with Gasteiger partial charge >= 0.3 is 0 Å². The van der Waals surface area contributed by atoms with Crippen molar-refractivity contribution in [2.45, 2.75) is 25.9 Å². The van der Waals surface area contributed by atoms with E-state index in [2.05, 4.69) is 10.6 Å². The van der Waals surface area contributed by atoms with Gasteiger partial charge in [-0.05, 0) is 13.3 Å². The highest BCUT2D eigenvalue weighted by atomic mass is 16.5. The van der Waals surface area contributed by atoms with Gasteiger partial charge in [-0.15, -0.1) is 0 Å². The van der Waals surface area contributed by atoms with Crippen LogP contribution in [0.1, 0.15) is 20.3 Å². The molecule has 0 aliphatic carbocycles. The summed E-state index contributed by atoms with van der Waals surface area (Å²) in [6.45, 7) is 5.35. The number of aliphatic hydroxyl groups is 1. The number of carbonyl (C=O) groups excluding carboxylic acids is 1. The molecule has 15 heavy (non-hydrogen) atoms. The van der Waals surface area contributed by atoms with Gasteiger partial charge in [0.25, 0.3) is 0 Å². The lowest BCUT2D eigenvalue weighted by atomic mass is 10.0. The molecule has 1 unspecified atom stereocenters. The SMILES string of the molecule is CCC(C)(O)CNC(=O)CNCCOC. The molecule has 0 bridgehead atoms. The van der Waals surface area contributed by atoms with Gasteiger partial charge in [0.05, 0.1) is 18.8 Å². The van der Waals surface area contributed by atoms with Crippen molar-refractivity contribution in [2.75, 3.05) is 33.4 Å². The van der Waals surface area contributed by atoms with E-state index in [0.717, 1.165) is 0 Å². The third-order valence-corrected chi connectivity index (χ3v) is 2.20. The average Bonchev–Trinajstić information content (AvgIpc) is 2.22. The Hall–Kier alpha value is -0.650. The van der Waals surface area contributed by atoms with Crippen molar-refractivity contribution >= 4 is 5.91 Å². The summed E-state index contributed by atoms with van der Waals surface area (Å²) in [5.41, 5.74) is -0.817. The molecule has 0 radical (unpaired) electrons. The molecule has 5 heteroatoms. The Morgan fingerprint density at radius 1 is 1.53 bits per heavy atom. The summed E-state index contributed by atoms with van der Waals surface area (Å²) in [5.74, 6) is -0.111. The fourth-order valence-electron chi connectivity index (χ4n) is 0.853. The Morgan fingerprint density at radius 2 is 2.20 bits per heavy atom. The number of rotatable bonds is 8. The summed E-state index contributed by atoms with van der Waals surface area (Å²) in [4.78, 5) is 11.2. The molecule has 0 aliphatic heterocycles. The van der Waals surface area contributed by atoms with Crippen molar-refractivity contribution in [2.24, 2.45) is 0 Å². The van der Waals surface area contributed by atoms with Crippen LogP contribution < -0.4 is 10.6 Å². The zero-order chi connectivity index (χ0) is 11.7. The fourth-order valence-corrected chi connectivity index (χ4v) is 0.853. The Balaban J connectivity index is 3.49. The topological polar surface area (TPSA) is 70.6 Å². The van der Waals surface area contributed by atoms with Crippen molar-refractivity contribution in [3.63, 3.8) is 0 Å². The van der Waals surface area contributed by atoms with Crippen molar-refractivity contribution in [3.8, 4) is 0 Å². The molecule has 0 aromatic heterocycles. The first-order chi connectivity index (χ1) is 7.02. The van der Waals surface area contributed by atoms with Crippen LogP contribution >= 0.6 is 0 Å². The summed E-state index contributed by atoms with van der Waals surface area (Å²) >= 11 is 0. The average molecular weight is 218 g/mol. The van der Waals surface area contributed by atoms with Crippen molar-refractivity contribution in [3.05, 3.63) is 0 Å². The molecule has 0 aromatic carbocycles. The molecule has 90 valence electrons. The molecule has 0 rings (SSSR count). The zero-order valence-electron chi connectivity index (χ0n) is 9.80. The molecule has 1 atom stereocenters. The van der Waals surface area contributed by atoms with Crippen LogP contribution in [0.4, 0.5) is 0 Å². The van der Waals surface area contributed by atoms with E-state index in [1.165, 1.54) is 0 Å². The number of nitrogens with one attached hydrogen (secondary N) is 2. The molecule has 0 spiro atoms. The minimum Gasteiger partial charge on any atom is -0.388 e. The Morgan fingerprint density at radius 3 is 2.73 bits per heavy atom. The maximum atomic E-state index is 11.2. The second-order valence-electron chi connectivity index (χ2n) is 3.80. The predicted molar refractivity (Wildman–Crippen MR) is 58.7 cm³/mol. The second-order valence-corrected chi connectivity index (χ2v) is 3.80. The molecule has 0 saturated carbocycles. The summed E-state index contributed by atoms with van der Waals surface area (Å²) in [6.07, 6.45) is 0.615. The molecule has 0 saturated heterocycles. The van der Waals surface area contributed by atoms with Crippen molar-refractivity contribution < 1.29 is 14.6 Å². The molecule has 0 aliphatic rings. The normalized spacial score (nSPS) is 14.7. The first-order valence-corrected chi connectivity index (χ1v) is 5.20. The van der Waals surface area contributed by atoms with E-state index >= 15 is 0 Å². The lowest BCUT2D eigenvalue weighted by molar-refractivity contribution is -0.121. The largest absolute Gasteiger partial charge is 0.388 e. The third kappa shape index (κ3) is 8.35. The zero-order valence-corrected chi connectivity index (χ0v) is 9.80. The van der Waals surface area contributed by atoms with Crippen LogP contribution in [0.5, 0.6) is 0 Å². The van der Waals surface area contributed by atoms with Gasteiger partial charge in [-0.25, -0.2) is 0 Å². The van der Waals surface area contributed by atoms with Crippen LogP contribution in [0.15, 0.2) is 0 Å². The fraction of sp³-hybridized carbons (Fsp3) is 0.900. The number of carbonyl (C=O) groups is 1. The van der Waals surface area contributed by atoms with Crippen LogP contribution in [0, 0.1) is 0 Å². The molecule has 1 amide bonds. The maximum absolute atomic E-state index is 11.2. The first-order valence-electron chi connectivity index (χ1n) is 5.20. The number of amides is 1. The molecule has 0 heterocycles. The molecule has 3 N–H and O–H groups in total. The summed E-state index contributed by atoms with van der Waals surface area (Å²) in [7, 11) is 1.61. The maximum Gasteiger partial charge on any atom is 0.234 e. The highest BCUT2D eigenvalue weighted by Gasteiger charge is 2.17.